The molecule has 0 fully saturated rings. The topological polar surface area (TPSA) is 9.23 Å². The molecular formula is C10H10ClIO. The van der Waals surface area contributed by atoms with E-state index in [1.807, 2.05) is 25.1 Å². The highest BCUT2D eigenvalue weighted by molar-refractivity contribution is 14.1. The van der Waals surface area contributed by atoms with Crippen LogP contribution in [0.3, 0.4) is 0 Å². The lowest BCUT2D eigenvalue weighted by atomic mass is 10.3. The lowest BCUT2D eigenvalue weighted by Gasteiger charge is -2.07. The third kappa shape index (κ3) is 3.56. The van der Waals surface area contributed by atoms with Crippen molar-refractivity contribution in [2.24, 2.45) is 0 Å². The summed E-state index contributed by atoms with van der Waals surface area (Å²) in [6, 6.07) is 5.58. The number of hydrogen-bond donors (Lipinski definition) is 0. The van der Waals surface area contributed by atoms with E-state index in [1.54, 1.807) is 0 Å². The molecule has 1 aromatic carbocycles. The van der Waals surface area contributed by atoms with E-state index < -0.39 is 0 Å². The van der Waals surface area contributed by atoms with Gasteiger partial charge in [-0.15, -0.1) is 0 Å². The average Bonchev–Trinajstić information content (AvgIpc) is 2.06. The Bertz CT molecular complexity index is 323. The molecular weight excluding hydrogens is 298 g/mol. The zero-order valence-electron chi connectivity index (χ0n) is 7.31. The molecule has 1 nitrogen and oxygen atoms in total. The molecule has 0 saturated heterocycles. The molecule has 0 atom stereocenters. The first-order valence-electron chi connectivity index (χ1n) is 3.82. The molecule has 0 spiro atoms. The molecule has 70 valence electrons. The van der Waals surface area contributed by atoms with Crippen molar-refractivity contribution in [3.63, 3.8) is 0 Å². The van der Waals surface area contributed by atoms with Gasteiger partial charge >= 0.3 is 0 Å². The molecule has 13 heavy (non-hydrogen) atoms. The number of halogens is 2. The molecule has 0 aliphatic heterocycles. The Hall–Kier alpha value is -0.220. The number of hydrogen-bond acceptors (Lipinski definition) is 1. The fourth-order valence-corrected chi connectivity index (χ4v) is 1.44. The van der Waals surface area contributed by atoms with Gasteiger partial charge in [-0.05, 0) is 53.3 Å². The van der Waals surface area contributed by atoms with E-state index in [-0.39, 0.29) is 0 Å². The van der Waals surface area contributed by atoms with Gasteiger partial charge in [0.25, 0.3) is 0 Å². The molecule has 0 amide bonds. The van der Waals surface area contributed by atoms with Crippen LogP contribution in [0.15, 0.2) is 30.4 Å². The van der Waals surface area contributed by atoms with Crippen molar-refractivity contribution in [3.05, 3.63) is 38.9 Å². The van der Waals surface area contributed by atoms with Gasteiger partial charge in [0.05, 0.1) is 3.57 Å². The number of rotatable bonds is 3. The van der Waals surface area contributed by atoms with Crippen LogP contribution in [0.1, 0.15) is 6.92 Å². The molecule has 0 unspecified atom stereocenters. The first kappa shape index (κ1) is 10.9. The molecule has 0 heterocycles. The van der Waals surface area contributed by atoms with Gasteiger partial charge in [0.15, 0.2) is 0 Å². The van der Waals surface area contributed by atoms with Crippen LogP contribution >= 0.6 is 34.2 Å². The van der Waals surface area contributed by atoms with E-state index in [1.165, 1.54) is 0 Å². The van der Waals surface area contributed by atoms with E-state index in [0.717, 1.165) is 14.9 Å². The van der Waals surface area contributed by atoms with Gasteiger partial charge < -0.3 is 4.74 Å². The van der Waals surface area contributed by atoms with Crippen molar-refractivity contribution in [2.75, 3.05) is 6.61 Å². The second-order valence-corrected chi connectivity index (χ2v) is 4.42. The van der Waals surface area contributed by atoms with Crippen molar-refractivity contribution in [3.8, 4) is 5.75 Å². The van der Waals surface area contributed by atoms with Crippen LogP contribution in [0.25, 0.3) is 0 Å². The van der Waals surface area contributed by atoms with Crippen molar-refractivity contribution in [1.29, 1.82) is 0 Å². The molecule has 0 aliphatic carbocycles. The lowest BCUT2D eigenvalue weighted by Crippen LogP contribution is -1.98. The van der Waals surface area contributed by atoms with Crippen molar-refractivity contribution < 1.29 is 4.74 Å². The van der Waals surface area contributed by atoms with Gasteiger partial charge in [0.2, 0.25) is 0 Å². The van der Waals surface area contributed by atoms with Gasteiger partial charge in [-0.25, -0.2) is 0 Å². The SMILES string of the molecule is C=C(C)COc1cc(Cl)ccc1I. The van der Waals surface area contributed by atoms with Crippen molar-refractivity contribution >= 4 is 34.2 Å². The third-order valence-corrected chi connectivity index (χ3v) is 2.49. The quantitative estimate of drug-likeness (QED) is 0.608. The predicted molar refractivity (Wildman–Crippen MR) is 64.5 cm³/mol. The van der Waals surface area contributed by atoms with E-state index >= 15 is 0 Å². The first-order valence-corrected chi connectivity index (χ1v) is 5.27. The molecule has 0 aromatic heterocycles. The maximum atomic E-state index is 5.83. The lowest BCUT2D eigenvalue weighted by molar-refractivity contribution is 0.350. The van der Waals surface area contributed by atoms with Crippen LogP contribution in [0, 0.1) is 3.57 Å². The summed E-state index contributed by atoms with van der Waals surface area (Å²) in [5.41, 5.74) is 0.996. The summed E-state index contributed by atoms with van der Waals surface area (Å²) in [5.74, 6) is 0.816. The molecule has 0 aliphatic rings. The maximum Gasteiger partial charge on any atom is 0.134 e. The third-order valence-electron chi connectivity index (χ3n) is 1.37. The Kier molecular flexibility index (Phi) is 4.06. The van der Waals surface area contributed by atoms with Gasteiger partial charge in [-0.3, -0.25) is 0 Å². The van der Waals surface area contributed by atoms with Crippen molar-refractivity contribution in [1.82, 2.24) is 0 Å². The summed E-state index contributed by atoms with van der Waals surface area (Å²) >= 11 is 8.04. The first-order chi connectivity index (χ1) is 6.09. The standard InChI is InChI=1S/C10H10ClIO/c1-7(2)6-13-10-5-8(11)3-4-9(10)12/h3-5H,1,6H2,2H3. The molecule has 3 heteroatoms. The monoisotopic (exact) mass is 308 g/mol. The van der Waals surface area contributed by atoms with Gasteiger partial charge in [0.1, 0.15) is 12.4 Å². The maximum absolute atomic E-state index is 5.83. The van der Waals surface area contributed by atoms with Crippen molar-refractivity contribution in [2.45, 2.75) is 6.92 Å². The zero-order valence-corrected chi connectivity index (χ0v) is 10.2. The summed E-state index contributed by atoms with van der Waals surface area (Å²) < 4.78 is 6.55. The molecule has 0 bridgehead atoms. The molecule has 1 aromatic rings. The highest BCUT2D eigenvalue weighted by Crippen LogP contribution is 2.24. The summed E-state index contributed by atoms with van der Waals surface area (Å²) in [5, 5.41) is 0.692. The van der Waals surface area contributed by atoms with Gasteiger partial charge in [-0.1, -0.05) is 18.2 Å². The normalized spacial score (nSPS) is 9.77. The van der Waals surface area contributed by atoms with Gasteiger partial charge in [0, 0.05) is 5.02 Å². The summed E-state index contributed by atoms with van der Waals surface area (Å²) in [6.45, 7) is 6.23. The minimum absolute atomic E-state index is 0.538. The second-order valence-electron chi connectivity index (χ2n) is 2.82. The Morgan fingerprint density at radius 2 is 2.31 bits per heavy atom. The van der Waals surface area contributed by atoms with Crippen LogP contribution in [-0.4, -0.2) is 6.61 Å². The number of ether oxygens (including phenoxy) is 1. The fourth-order valence-electron chi connectivity index (χ4n) is 0.789. The predicted octanol–water partition coefficient (Wildman–Crippen LogP) is 3.90. The largest absolute Gasteiger partial charge is 0.488 e. The Balaban J connectivity index is 2.75. The van der Waals surface area contributed by atoms with Crippen LogP contribution in [0.2, 0.25) is 5.02 Å². The van der Waals surface area contributed by atoms with E-state index in [9.17, 15) is 0 Å². The molecule has 1 rings (SSSR count). The molecule has 0 saturated carbocycles. The molecule has 0 radical (unpaired) electrons. The second kappa shape index (κ2) is 4.86. The Labute approximate surface area is 96.9 Å². The number of benzene rings is 1. The smallest absolute Gasteiger partial charge is 0.134 e. The minimum Gasteiger partial charge on any atom is -0.488 e. The summed E-state index contributed by atoms with van der Waals surface area (Å²) in [4.78, 5) is 0. The Morgan fingerprint density at radius 3 is 2.92 bits per heavy atom. The van der Waals surface area contributed by atoms with Gasteiger partial charge in [-0.2, -0.15) is 0 Å². The zero-order chi connectivity index (χ0) is 9.84. The van der Waals surface area contributed by atoms with Crippen LogP contribution in [-0.2, 0) is 0 Å². The van der Waals surface area contributed by atoms with Crippen LogP contribution < -0.4 is 4.74 Å². The van der Waals surface area contributed by atoms with E-state index in [0.29, 0.717) is 11.6 Å². The summed E-state index contributed by atoms with van der Waals surface area (Å²) in [7, 11) is 0. The Morgan fingerprint density at radius 1 is 1.62 bits per heavy atom. The fraction of sp³-hybridized carbons (Fsp3) is 0.200. The van der Waals surface area contributed by atoms with Crippen LogP contribution in [0.4, 0.5) is 0 Å². The minimum atomic E-state index is 0.538. The average molecular weight is 309 g/mol. The van der Waals surface area contributed by atoms with Crippen LogP contribution in [0.5, 0.6) is 5.75 Å². The highest BCUT2D eigenvalue weighted by atomic mass is 127. The summed E-state index contributed by atoms with van der Waals surface area (Å²) in [6.07, 6.45) is 0. The molecule has 0 N–H and O–H groups in total. The van der Waals surface area contributed by atoms with E-state index in [4.69, 9.17) is 16.3 Å². The highest BCUT2D eigenvalue weighted by Gasteiger charge is 2.01. The van der Waals surface area contributed by atoms with E-state index in [2.05, 4.69) is 29.2 Å².